The summed E-state index contributed by atoms with van der Waals surface area (Å²) in [7, 11) is 0. The smallest absolute Gasteiger partial charge is 0.135 e. The van der Waals surface area contributed by atoms with Gasteiger partial charge in [0, 0.05) is 32.6 Å². The number of hydrogen-bond acceptors (Lipinski definition) is 3. The number of aromatic nitrogens is 1. The lowest BCUT2D eigenvalue weighted by Gasteiger charge is -2.22. The second kappa shape index (κ2) is 12.2. The van der Waals surface area contributed by atoms with Crippen LogP contribution in [0, 0.1) is 22.7 Å². The highest BCUT2D eigenvalue weighted by Gasteiger charge is 2.36. The normalized spacial score (nSPS) is 12.8. The minimum absolute atomic E-state index is 0.277. The lowest BCUT2D eigenvalue weighted by molar-refractivity contribution is 0.660. The van der Waals surface area contributed by atoms with E-state index in [0.29, 0.717) is 11.1 Å². The van der Waals surface area contributed by atoms with Crippen LogP contribution in [0.5, 0.6) is 0 Å². The van der Waals surface area contributed by atoms with E-state index in [-0.39, 0.29) is 5.41 Å². The van der Waals surface area contributed by atoms with Gasteiger partial charge in [0.1, 0.15) is 11.2 Å². The monoisotopic (exact) mass is 727 g/mol. The van der Waals surface area contributed by atoms with Crippen molar-refractivity contribution < 1.29 is 4.42 Å². The minimum Gasteiger partial charge on any atom is -0.456 e. The first-order chi connectivity index (χ1) is 27.9. The molecule has 2 aromatic heterocycles. The predicted molar refractivity (Wildman–Crippen MR) is 231 cm³/mol. The van der Waals surface area contributed by atoms with Crippen molar-refractivity contribution in [2.24, 2.45) is 0 Å². The van der Waals surface area contributed by atoms with E-state index in [0.717, 1.165) is 82.8 Å². The maximum atomic E-state index is 10.4. The van der Waals surface area contributed by atoms with E-state index in [1.807, 2.05) is 42.5 Å². The van der Waals surface area contributed by atoms with Crippen molar-refractivity contribution in [2.75, 3.05) is 0 Å². The van der Waals surface area contributed by atoms with Crippen molar-refractivity contribution >= 4 is 43.7 Å². The van der Waals surface area contributed by atoms with Crippen LogP contribution < -0.4 is 0 Å². The quantitative estimate of drug-likeness (QED) is 0.181. The third kappa shape index (κ3) is 4.91. The van der Waals surface area contributed by atoms with E-state index >= 15 is 0 Å². The van der Waals surface area contributed by atoms with Crippen LogP contribution in [-0.2, 0) is 5.41 Å². The number of para-hydroxylation sites is 2. The summed E-state index contributed by atoms with van der Waals surface area (Å²) < 4.78 is 8.51. The summed E-state index contributed by atoms with van der Waals surface area (Å²) in [6, 6.07) is 62.1. The highest BCUT2D eigenvalue weighted by Crippen LogP contribution is 2.50. The fourth-order valence-corrected chi connectivity index (χ4v) is 9.25. The van der Waals surface area contributed by atoms with E-state index in [2.05, 4.69) is 152 Å². The molecule has 0 aliphatic heterocycles. The second-order valence-electron chi connectivity index (χ2n) is 15.6. The van der Waals surface area contributed by atoms with Crippen molar-refractivity contribution in [3.8, 4) is 62.3 Å². The van der Waals surface area contributed by atoms with E-state index in [9.17, 15) is 10.5 Å². The summed E-state index contributed by atoms with van der Waals surface area (Å²) in [6.07, 6.45) is 0. The average molecular weight is 728 g/mol. The topological polar surface area (TPSA) is 65.7 Å². The van der Waals surface area contributed by atoms with Gasteiger partial charge in [-0.2, -0.15) is 10.5 Å². The molecule has 0 radical (unpaired) electrons. The van der Waals surface area contributed by atoms with Crippen molar-refractivity contribution in [1.82, 2.24) is 4.57 Å². The maximum absolute atomic E-state index is 10.4. The molecule has 0 fully saturated rings. The number of nitrogens with zero attached hydrogens (tertiary/aromatic N) is 3. The molecule has 266 valence electrons. The van der Waals surface area contributed by atoms with Crippen molar-refractivity contribution in [3.05, 3.63) is 186 Å². The van der Waals surface area contributed by atoms with Crippen LogP contribution in [0.25, 0.3) is 93.9 Å². The van der Waals surface area contributed by atoms with Gasteiger partial charge in [0.25, 0.3) is 0 Å². The predicted octanol–water partition coefficient (Wildman–Crippen LogP) is 13.7. The molecule has 0 bridgehead atoms. The Morgan fingerprint density at radius 3 is 1.95 bits per heavy atom. The van der Waals surface area contributed by atoms with Crippen LogP contribution >= 0.6 is 0 Å². The standard InChI is InChI=1S/C53H33N3O/c1-53(2)46-25-32(30-54)15-19-41(46)42-20-16-36(29-47(42)53)37-23-33(31-55)24-38(26-37)40-12-8-13-49-52(40)45-28-34(17-21-48(45)56(49)39-9-4-3-5-10-39)35-18-22-51-44(27-35)43-11-6-7-14-50(43)57-51/h3-29H,1-2H3. The molecule has 1 aliphatic carbocycles. The Bertz CT molecular complexity index is 3400. The lowest BCUT2D eigenvalue weighted by atomic mass is 9.81. The molecule has 57 heavy (non-hydrogen) atoms. The molecule has 4 heteroatoms. The van der Waals surface area contributed by atoms with Crippen molar-refractivity contribution in [2.45, 2.75) is 19.3 Å². The van der Waals surface area contributed by atoms with Gasteiger partial charge in [-0.05, 0) is 141 Å². The van der Waals surface area contributed by atoms with Crippen LogP contribution in [0.15, 0.2) is 168 Å². The fraction of sp³-hybridized carbons (Fsp3) is 0.0566. The van der Waals surface area contributed by atoms with Gasteiger partial charge in [-0.1, -0.05) is 92.7 Å². The van der Waals surface area contributed by atoms with Crippen LogP contribution in [0.4, 0.5) is 0 Å². The van der Waals surface area contributed by atoms with Gasteiger partial charge < -0.3 is 8.98 Å². The molecule has 1 aliphatic rings. The van der Waals surface area contributed by atoms with Crippen LogP contribution in [0.2, 0.25) is 0 Å². The average Bonchev–Trinajstić information content (AvgIpc) is 3.88. The Morgan fingerprint density at radius 1 is 0.456 bits per heavy atom. The first kappa shape index (κ1) is 32.7. The molecular weight excluding hydrogens is 695 g/mol. The number of hydrogen-bond donors (Lipinski definition) is 0. The van der Waals surface area contributed by atoms with Crippen LogP contribution in [-0.4, -0.2) is 4.57 Å². The van der Waals surface area contributed by atoms with Crippen molar-refractivity contribution in [1.29, 1.82) is 10.5 Å². The van der Waals surface area contributed by atoms with E-state index in [1.165, 1.54) is 22.3 Å². The number of rotatable bonds is 4. The zero-order chi connectivity index (χ0) is 38.4. The highest BCUT2D eigenvalue weighted by atomic mass is 16.3. The number of furan rings is 1. The van der Waals surface area contributed by atoms with Gasteiger partial charge in [0.05, 0.1) is 34.3 Å². The summed E-state index contributed by atoms with van der Waals surface area (Å²) in [4.78, 5) is 0. The molecule has 4 nitrogen and oxygen atoms in total. The molecule has 0 atom stereocenters. The molecule has 0 N–H and O–H groups in total. The Balaban J connectivity index is 1.11. The zero-order valence-corrected chi connectivity index (χ0v) is 31.3. The summed E-state index contributed by atoms with van der Waals surface area (Å²) in [6.45, 7) is 4.46. The number of fused-ring (bicyclic) bond motifs is 9. The molecule has 8 aromatic carbocycles. The minimum atomic E-state index is -0.277. The van der Waals surface area contributed by atoms with Crippen LogP contribution in [0.1, 0.15) is 36.1 Å². The Labute approximate surface area is 329 Å². The third-order valence-corrected chi connectivity index (χ3v) is 12.0. The molecule has 0 unspecified atom stereocenters. The summed E-state index contributed by atoms with van der Waals surface area (Å²) in [5.41, 5.74) is 17.1. The Hall–Kier alpha value is -7.66. The lowest BCUT2D eigenvalue weighted by Crippen LogP contribution is -2.15. The van der Waals surface area contributed by atoms with E-state index in [1.54, 1.807) is 0 Å². The molecule has 11 rings (SSSR count). The fourth-order valence-electron chi connectivity index (χ4n) is 9.25. The summed E-state index contributed by atoms with van der Waals surface area (Å²) >= 11 is 0. The first-order valence-electron chi connectivity index (χ1n) is 19.2. The zero-order valence-electron chi connectivity index (χ0n) is 31.3. The molecule has 0 amide bonds. The molecule has 0 spiro atoms. The third-order valence-electron chi connectivity index (χ3n) is 12.0. The summed E-state index contributed by atoms with van der Waals surface area (Å²) in [5.74, 6) is 0. The highest BCUT2D eigenvalue weighted by molar-refractivity contribution is 6.17. The van der Waals surface area contributed by atoms with Gasteiger partial charge >= 0.3 is 0 Å². The Morgan fingerprint density at radius 2 is 1.12 bits per heavy atom. The molecule has 0 saturated carbocycles. The number of nitriles is 2. The molecule has 0 saturated heterocycles. The van der Waals surface area contributed by atoms with Crippen molar-refractivity contribution in [3.63, 3.8) is 0 Å². The van der Waals surface area contributed by atoms with Crippen LogP contribution in [0.3, 0.4) is 0 Å². The second-order valence-corrected chi connectivity index (χ2v) is 15.6. The van der Waals surface area contributed by atoms with Gasteiger partial charge in [0.15, 0.2) is 0 Å². The van der Waals surface area contributed by atoms with Gasteiger partial charge in [-0.15, -0.1) is 0 Å². The van der Waals surface area contributed by atoms with Gasteiger partial charge in [-0.3, -0.25) is 0 Å². The Kier molecular flexibility index (Phi) is 6.99. The van der Waals surface area contributed by atoms with E-state index in [4.69, 9.17) is 4.42 Å². The maximum Gasteiger partial charge on any atom is 0.135 e. The molecule has 2 heterocycles. The van der Waals surface area contributed by atoms with Gasteiger partial charge in [-0.25, -0.2) is 0 Å². The van der Waals surface area contributed by atoms with Gasteiger partial charge in [0.2, 0.25) is 0 Å². The largest absolute Gasteiger partial charge is 0.456 e. The molecule has 10 aromatic rings. The SMILES string of the molecule is CC1(C)c2cc(C#N)ccc2-c2ccc(-c3cc(C#N)cc(-c4cccc5c4c4cc(-c6ccc7oc8ccccc8c7c6)ccc4n5-c4ccccc4)c3)cc21. The first-order valence-corrected chi connectivity index (χ1v) is 19.2. The number of benzene rings is 8. The molecular formula is C53H33N3O. The van der Waals surface area contributed by atoms with E-state index < -0.39 is 0 Å². The summed E-state index contributed by atoms with van der Waals surface area (Å²) in [5, 5.41) is 24.5.